The molecule has 2 atom stereocenters. The number of carboxylic acids is 1. The lowest BCUT2D eigenvalue weighted by Gasteiger charge is -2.13. The van der Waals surface area contributed by atoms with Crippen LogP contribution >= 0.6 is 0 Å². The molecule has 1 N–H and O–H groups in total. The molecule has 0 heterocycles. The molecule has 2 aromatic rings. The highest BCUT2D eigenvalue weighted by atomic mass is 32.2. The van der Waals surface area contributed by atoms with Crippen molar-refractivity contribution in [3.63, 3.8) is 0 Å². The van der Waals surface area contributed by atoms with Gasteiger partial charge in [-0.3, -0.25) is 4.79 Å². The van der Waals surface area contributed by atoms with Gasteiger partial charge in [-0.1, -0.05) is 29.4 Å². The zero-order valence-corrected chi connectivity index (χ0v) is 18.2. The average molecular weight is 434 g/mol. The fourth-order valence-corrected chi connectivity index (χ4v) is 3.12. The molecule has 162 valence electrons. The third kappa shape index (κ3) is 7.87. The zero-order chi connectivity index (χ0) is 21.9. The molecular formula is C22H27NO6S. The summed E-state index contributed by atoms with van der Waals surface area (Å²) in [4.78, 5) is 16.5. The Morgan fingerprint density at radius 1 is 1.07 bits per heavy atom. The number of hydrogen-bond donors (Lipinski definition) is 1. The summed E-state index contributed by atoms with van der Waals surface area (Å²) in [5.74, 6) is -0.387. The number of carboxylic acid groups (broad SMARTS) is 1. The maximum Gasteiger partial charge on any atom is 0.312 e. The monoisotopic (exact) mass is 433 g/mol. The first-order chi connectivity index (χ1) is 14.4. The molecule has 0 radical (unpaired) electrons. The second kappa shape index (κ2) is 12.0. The van der Waals surface area contributed by atoms with Crippen molar-refractivity contribution in [1.82, 2.24) is 0 Å². The van der Waals surface area contributed by atoms with Crippen molar-refractivity contribution in [2.45, 2.75) is 26.7 Å². The van der Waals surface area contributed by atoms with E-state index >= 15 is 0 Å². The Balaban J connectivity index is 1.86. The smallest absolute Gasteiger partial charge is 0.312 e. The van der Waals surface area contributed by atoms with Crippen LogP contribution in [0.4, 0.5) is 0 Å². The Bertz CT molecular complexity index is 864. The van der Waals surface area contributed by atoms with Gasteiger partial charge in [0.15, 0.2) is 0 Å². The standard InChI is InChI=1S/C22H27NO6S/c1-4-28-23-16(2)21(22(24)25)15-18-7-9-19(10-8-18)27-14-13-17-5-11-20(12-6-17)29-30(3)26/h5-12,21H,4,13-15H2,1-3H3,(H,24,25). The summed E-state index contributed by atoms with van der Waals surface area (Å²) in [6.45, 7) is 4.35. The van der Waals surface area contributed by atoms with Gasteiger partial charge < -0.3 is 18.9 Å². The van der Waals surface area contributed by atoms with E-state index in [2.05, 4.69) is 5.16 Å². The third-order valence-corrected chi connectivity index (χ3v) is 4.73. The van der Waals surface area contributed by atoms with Crippen LogP contribution in [-0.2, 0) is 33.6 Å². The second-order valence-electron chi connectivity index (χ2n) is 6.62. The number of aliphatic carboxylic acids is 1. The van der Waals surface area contributed by atoms with E-state index in [1.54, 1.807) is 26.0 Å². The van der Waals surface area contributed by atoms with Gasteiger partial charge in [0.05, 0.1) is 12.3 Å². The molecule has 0 fully saturated rings. The van der Waals surface area contributed by atoms with Gasteiger partial charge in [0.2, 0.25) is 11.1 Å². The van der Waals surface area contributed by atoms with Crippen LogP contribution in [0, 0.1) is 5.92 Å². The third-order valence-electron chi connectivity index (χ3n) is 4.30. The van der Waals surface area contributed by atoms with Crippen molar-refractivity contribution < 1.29 is 27.9 Å². The number of hydrogen-bond acceptors (Lipinski definition) is 6. The summed E-state index contributed by atoms with van der Waals surface area (Å²) in [5.41, 5.74) is 2.39. The maximum atomic E-state index is 11.5. The minimum absolute atomic E-state index is 0.328. The number of carbonyl (C=O) groups is 1. The summed E-state index contributed by atoms with van der Waals surface area (Å²) >= 11 is -1.34. The van der Waals surface area contributed by atoms with E-state index in [-0.39, 0.29) is 0 Å². The lowest BCUT2D eigenvalue weighted by Crippen LogP contribution is -2.24. The molecule has 0 amide bonds. The van der Waals surface area contributed by atoms with E-state index in [4.69, 9.17) is 13.8 Å². The molecule has 7 nitrogen and oxygen atoms in total. The summed E-state index contributed by atoms with van der Waals surface area (Å²) in [7, 11) is 0. The van der Waals surface area contributed by atoms with E-state index in [0.717, 1.165) is 11.1 Å². The molecule has 30 heavy (non-hydrogen) atoms. The molecule has 0 bridgehead atoms. The Labute approximate surface area is 179 Å². The molecular weight excluding hydrogens is 406 g/mol. The van der Waals surface area contributed by atoms with Crippen molar-refractivity contribution >= 4 is 22.8 Å². The molecule has 0 aliphatic rings. The summed E-state index contributed by atoms with van der Waals surface area (Å²) in [6.07, 6.45) is 2.52. The highest BCUT2D eigenvalue weighted by Gasteiger charge is 2.22. The Kier molecular flexibility index (Phi) is 9.34. The van der Waals surface area contributed by atoms with Gasteiger partial charge in [0, 0.05) is 12.7 Å². The predicted molar refractivity (Wildman–Crippen MR) is 116 cm³/mol. The van der Waals surface area contributed by atoms with Gasteiger partial charge in [-0.2, -0.15) is 0 Å². The molecule has 0 spiro atoms. The molecule has 8 heteroatoms. The van der Waals surface area contributed by atoms with Crippen LogP contribution in [0.25, 0.3) is 0 Å². The lowest BCUT2D eigenvalue weighted by atomic mass is 9.95. The van der Waals surface area contributed by atoms with Crippen LogP contribution < -0.4 is 8.92 Å². The normalized spacial score (nSPS) is 13.4. The van der Waals surface area contributed by atoms with Gasteiger partial charge in [-0.25, -0.2) is 4.21 Å². The van der Waals surface area contributed by atoms with Crippen LogP contribution in [0.5, 0.6) is 11.5 Å². The Morgan fingerprint density at radius 3 is 2.23 bits per heavy atom. The van der Waals surface area contributed by atoms with E-state index < -0.39 is 23.0 Å². The Morgan fingerprint density at radius 2 is 1.67 bits per heavy atom. The van der Waals surface area contributed by atoms with Crippen LogP contribution in [0.3, 0.4) is 0 Å². The summed E-state index contributed by atoms with van der Waals surface area (Å²) in [5, 5.41) is 13.3. The largest absolute Gasteiger partial charge is 0.493 e. The topological polar surface area (TPSA) is 94.4 Å². The van der Waals surface area contributed by atoms with E-state index in [1.165, 1.54) is 6.26 Å². The van der Waals surface area contributed by atoms with Crippen molar-refractivity contribution in [2.24, 2.45) is 11.1 Å². The average Bonchev–Trinajstić information content (AvgIpc) is 2.72. The van der Waals surface area contributed by atoms with Crippen LogP contribution in [-0.4, -0.2) is 40.5 Å². The highest BCUT2D eigenvalue weighted by Crippen LogP contribution is 2.18. The molecule has 0 saturated carbocycles. The number of benzene rings is 2. The number of nitrogens with zero attached hydrogens (tertiary/aromatic N) is 1. The first kappa shape index (κ1) is 23.4. The van der Waals surface area contributed by atoms with Crippen molar-refractivity contribution in [3.8, 4) is 11.5 Å². The quantitative estimate of drug-likeness (QED) is 0.406. The van der Waals surface area contributed by atoms with Crippen LogP contribution in [0.2, 0.25) is 0 Å². The summed E-state index contributed by atoms with van der Waals surface area (Å²) < 4.78 is 21.9. The van der Waals surface area contributed by atoms with Gasteiger partial charge in [-0.15, -0.1) is 0 Å². The van der Waals surface area contributed by atoms with Gasteiger partial charge in [0.25, 0.3) is 0 Å². The molecule has 0 aromatic heterocycles. The SMILES string of the molecule is CCON=C(C)C(Cc1ccc(OCCc2ccc(OS(C)=O)cc2)cc1)C(=O)O. The molecule has 0 aliphatic heterocycles. The molecule has 0 aliphatic carbocycles. The first-order valence-electron chi connectivity index (χ1n) is 9.60. The zero-order valence-electron chi connectivity index (χ0n) is 17.4. The fraction of sp³-hybridized carbons (Fsp3) is 0.364. The first-order valence-corrected chi connectivity index (χ1v) is 11.1. The predicted octanol–water partition coefficient (Wildman–Crippen LogP) is 3.64. The number of ether oxygens (including phenoxy) is 1. The van der Waals surface area contributed by atoms with Gasteiger partial charge in [0.1, 0.15) is 24.0 Å². The fourth-order valence-electron chi connectivity index (χ4n) is 2.74. The molecule has 2 unspecified atom stereocenters. The van der Waals surface area contributed by atoms with Gasteiger partial charge in [-0.05, 0) is 55.7 Å². The Hall–Kier alpha value is -2.87. The number of rotatable bonds is 12. The molecule has 0 saturated heterocycles. The maximum absolute atomic E-state index is 11.5. The van der Waals surface area contributed by atoms with Crippen molar-refractivity contribution in [1.29, 1.82) is 0 Å². The van der Waals surface area contributed by atoms with Crippen LogP contribution in [0.1, 0.15) is 25.0 Å². The number of oxime groups is 1. The van der Waals surface area contributed by atoms with E-state index in [9.17, 15) is 14.1 Å². The van der Waals surface area contributed by atoms with E-state index in [0.29, 0.717) is 43.3 Å². The lowest BCUT2D eigenvalue weighted by molar-refractivity contribution is -0.139. The van der Waals surface area contributed by atoms with Crippen molar-refractivity contribution in [3.05, 3.63) is 59.7 Å². The summed E-state index contributed by atoms with van der Waals surface area (Å²) in [6, 6.07) is 14.8. The van der Waals surface area contributed by atoms with Crippen molar-refractivity contribution in [2.75, 3.05) is 19.5 Å². The highest BCUT2D eigenvalue weighted by molar-refractivity contribution is 7.79. The minimum Gasteiger partial charge on any atom is -0.493 e. The molecule has 2 rings (SSSR count). The minimum atomic E-state index is -1.34. The second-order valence-corrected chi connectivity index (χ2v) is 7.59. The van der Waals surface area contributed by atoms with E-state index in [1.807, 2.05) is 36.4 Å². The van der Waals surface area contributed by atoms with Crippen LogP contribution in [0.15, 0.2) is 53.7 Å². The van der Waals surface area contributed by atoms with Gasteiger partial charge >= 0.3 is 5.97 Å². The molecule has 2 aromatic carbocycles.